The Balaban J connectivity index is 2.86. The third-order valence-electron chi connectivity index (χ3n) is 2.64. The maximum absolute atomic E-state index is 11.8. The summed E-state index contributed by atoms with van der Waals surface area (Å²) in [5, 5.41) is 0. The lowest BCUT2D eigenvalue weighted by Crippen LogP contribution is -2.62. The molecule has 0 spiro atoms. The van der Waals surface area contributed by atoms with Gasteiger partial charge in [0, 0.05) is 17.6 Å². The standard InChI is InChI=1S/C10H20N2OS/c1-9(2,3)11-7-10(4,5)12(14)6-8(11)13/h14H,6-7H2,1-5H3. The number of piperazine rings is 1. The molecule has 0 N–H and O–H groups in total. The fourth-order valence-corrected chi connectivity index (χ4v) is 1.78. The van der Waals surface area contributed by atoms with Gasteiger partial charge >= 0.3 is 0 Å². The first-order chi connectivity index (χ1) is 6.14. The fourth-order valence-electron chi connectivity index (χ4n) is 1.60. The molecule has 0 radical (unpaired) electrons. The van der Waals surface area contributed by atoms with Crippen LogP contribution in [0.5, 0.6) is 0 Å². The van der Waals surface area contributed by atoms with Crippen molar-refractivity contribution in [3.8, 4) is 0 Å². The van der Waals surface area contributed by atoms with Crippen molar-refractivity contribution < 1.29 is 4.79 Å². The van der Waals surface area contributed by atoms with E-state index in [1.54, 1.807) is 0 Å². The van der Waals surface area contributed by atoms with Gasteiger partial charge in [0.2, 0.25) is 5.91 Å². The van der Waals surface area contributed by atoms with Crippen LogP contribution in [0.25, 0.3) is 0 Å². The lowest BCUT2D eigenvalue weighted by molar-refractivity contribution is -0.143. The number of nitrogens with zero attached hydrogens (tertiary/aromatic N) is 2. The van der Waals surface area contributed by atoms with Gasteiger partial charge in [-0.1, -0.05) is 12.8 Å². The number of amides is 1. The molecule has 0 aromatic rings. The van der Waals surface area contributed by atoms with Gasteiger partial charge in [0.15, 0.2) is 0 Å². The molecular weight excluding hydrogens is 196 g/mol. The predicted molar refractivity (Wildman–Crippen MR) is 61.2 cm³/mol. The summed E-state index contributed by atoms with van der Waals surface area (Å²) in [6.45, 7) is 11.5. The van der Waals surface area contributed by atoms with Crippen LogP contribution in [0.3, 0.4) is 0 Å². The van der Waals surface area contributed by atoms with E-state index < -0.39 is 0 Å². The molecule has 4 heteroatoms. The summed E-state index contributed by atoms with van der Waals surface area (Å²) < 4.78 is 1.82. The van der Waals surface area contributed by atoms with Crippen LogP contribution in [0, 0.1) is 0 Å². The number of carbonyl (C=O) groups is 1. The molecule has 1 rings (SSSR count). The van der Waals surface area contributed by atoms with Crippen molar-refractivity contribution in [2.45, 2.75) is 45.7 Å². The topological polar surface area (TPSA) is 23.6 Å². The van der Waals surface area contributed by atoms with Crippen LogP contribution in [0.4, 0.5) is 0 Å². The molecule has 0 bridgehead atoms. The second kappa shape index (κ2) is 3.42. The molecule has 0 aromatic carbocycles. The highest BCUT2D eigenvalue weighted by molar-refractivity contribution is 7.77. The first-order valence-corrected chi connectivity index (χ1v) is 5.31. The van der Waals surface area contributed by atoms with Crippen LogP contribution in [-0.4, -0.2) is 39.3 Å². The van der Waals surface area contributed by atoms with Gasteiger partial charge in [-0.2, -0.15) is 0 Å². The van der Waals surface area contributed by atoms with Crippen molar-refractivity contribution >= 4 is 18.7 Å². The zero-order valence-electron chi connectivity index (χ0n) is 9.66. The van der Waals surface area contributed by atoms with Gasteiger partial charge in [-0.05, 0) is 34.6 Å². The molecule has 1 aliphatic heterocycles. The predicted octanol–water partition coefficient (Wildman–Crippen LogP) is 1.55. The summed E-state index contributed by atoms with van der Waals surface area (Å²) in [5.41, 5.74) is -0.145. The molecule has 1 amide bonds. The van der Waals surface area contributed by atoms with Crippen molar-refractivity contribution in [3.05, 3.63) is 0 Å². The minimum Gasteiger partial charge on any atom is -0.335 e. The molecule has 1 fully saturated rings. The molecular formula is C10H20N2OS. The first kappa shape index (κ1) is 11.9. The highest BCUT2D eigenvalue weighted by atomic mass is 32.1. The van der Waals surface area contributed by atoms with Crippen molar-refractivity contribution in [3.63, 3.8) is 0 Å². The Morgan fingerprint density at radius 2 is 1.86 bits per heavy atom. The van der Waals surface area contributed by atoms with Crippen LogP contribution < -0.4 is 0 Å². The van der Waals surface area contributed by atoms with Gasteiger partial charge in [0.25, 0.3) is 0 Å². The minimum absolute atomic E-state index is 0.0513. The fraction of sp³-hybridized carbons (Fsp3) is 0.900. The Kier molecular flexibility index (Phi) is 2.89. The van der Waals surface area contributed by atoms with E-state index in [-0.39, 0.29) is 17.0 Å². The average molecular weight is 216 g/mol. The quantitative estimate of drug-likeness (QED) is 0.621. The van der Waals surface area contributed by atoms with Gasteiger partial charge in [-0.15, -0.1) is 0 Å². The van der Waals surface area contributed by atoms with Crippen LogP contribution in [0.2, 0.25) is 0 Å². The van der Waals surface area contributed by atoms with E-state index in [0.717, 1.165) is 6.54 Å². The summed E-state index contributed by atoms with van der Waals surface area (Å²) in [5.74, 6) is 0.159. The molecule has 0 aromatic heterocycles. The van der Waals surface area contributed by atoms with E-state index in [1.165, 1.54) is 0 Å². The van der Waals surface area contributed by atoms with Gasteiger partial charge in [0.1, 0.15) is 0 Å². The normalized spacial score (nSPS) is 24.1. The molecule has 14 heavy (non-hydrogen) atoms. The second-order valence-corrected chi connectivity index (χ2v) is 6.00. The number of thiol groups is 1. The van der Waals surface area contributed by atoms with Gasteiger partial charge < -0.3 is 4.90 Å². The smallest absolute Gasteiger partial charge is 0.238 e. The average Bonchev–Trinajstić information content (AvgIpc) is 1.95. The SMILES string of the molecule is CC(C)(C)N1CC(C)(C)N(S)CC1=O. The lowest BCUT2D eigenvalue weighted by atomic mass is 9.96. The number of rotatable bonds is 0. The third kappa shape index (κ3) is 2.23. The monoisotopic (exact) mass is 216 g/mol. The summed E-state index contributed by atoms with van der Waals surface area (Å²) in [7, 11) is 0. The Labute approximate surface area is 92.0 Å². The Bertz CT molecular complexity index is 245. The molecule has 0 aliphatic carbocycles. The van der Waals surface area contributed by atoms with E-state index >= 15 is 0 Å². The second-order valence-electron chi connectivity index (χ2n) is 5.52. The molecule has 3 nitrogen and oxygen atoms in total. The van der Waals surface area contributed by atoms with Crippen molar-refractivity contribution in [1.82, 2.24) is 9.21 Å². The maximum Gasteiger partial charge on any atom is 0.238 e. The molecule has 1 saturated heterocycles. The summed E-state index contributed by atoms with van der Waals surface area (Å²) in [6, 6.07) is 0. The summed E-state index contributed by atoms with van der Waals surface area (Å²) in [4.78, 5) is 13.7. The molecule has 82 valence electrons. The van der Waals surface area contributed by atoms with Gasteiger partial charge in [-0.25, -0.2) is 4.31 Å². The Morgan fingerprint density at radius 3 is 2.29 bits per heavy atom. The van der Waals surface area contributed by atoms with Crippen molar-refractivity contribution in [2.24, 2.45) is 0 Å². The van der Waals surface area contributed by atoms with E-state index in [9.17, 15) is 4.79 Å². The highest BCUT2D eigenvalue weighted by Gasteiger charge is 2.40. The summed E-state index contributed by atoms with van der Waals surface area (Å²) in [6.07, 6.45) is 0. The van der Waals surface area contributed by atoms with Crippen molar-refractivity contribution in [2.75, 3.05) is 13.1 Å². The lowest BCUT2D eigenvalue weighted by Gasteiger charge is -2.48. The van der Waals surface area contributed by atoms with Crippen LogP contribution >= 0.6 is 12.8 Å². The van der Waals surface area contributed by atoms with Crippen LogP contribution in [0.1, 0.15) is 34.6 Å². The van der Waals surface area contributed by atoms with E-state index in [2.05, 4.69) is 47.4 Å². The largest absolute Gasteiger partial charge is 0.335 e. The molecule has 0 unspecified atom stereocenters. The van der Waals surface area contributed by atoms with E-state index in [1.807, 2.05) is 9.21 Å². The van der Waals surface area contributed by atoms with Crippen LogP contribution in [-0.2, 0) is 4.79 Å². The third-order valence-corrected chi connectivity index (χ3v) is 3.32. The van der Waals surface area contributed by atoms with E-state index in [0.29, 0.717) is 6.54 Å². The van der Waals surface area contributed by atoms with Gasteiger partial charge in [-0.3, -0.25) is 4.79 Å². The van der Waals surface area contributed by atoms with Crippen molar-refractivity contribution in [1.29, 1.82) is 0 Å². The Morgan fingerprint density at radius 1 is 1.36 bits per heavy atom. The zero-order chi connectivity index (χ0) is 11.1. The maximum atomic E-state index is 11.8. The minimum atomic E-state index is -0.0939. The summed E-state index contributed by atoms with van der Waals surface area (Å²) >= 11 is 4.32. The number of carbonyl (C=O) groups excluding carboxylic acids is 1. The first-order valence-electron chi connectivity index (χ1n) is 4.91. The van der Waals surface area contributed by atoms with Gasteiger partial charge in [0.05, 0.1) is 6.54 Å². The highest BCUT2D eigenvalue weighted by Crippen LogP contribution is 2.27. The Hall–Kier alpha value is -0.220. The molecule has 1 aliphatic rings. The number of hydrogen-bond donors (Lipinski definition) is 1. The molecule has 1 heterocycles. The van der Waals surface area contributed by atoms with Crippen LogP contribution in [0.15, 0.2) is 0 Å². The molecule has 0 saturated carbocycles. The van der Waals surface area contributed by atoms with E-state index in [4.69, 9.17) is 0 Å². The molecule has 0 atom stereocenters. The zero-order valence-corrected chi connectivity index (χ0v) is 10.6. The number of hydrogen-bond acceptors (Lipinski definition) is 3.